The third kappa shape index (κ3) is 3.02. The van der Waals surface area contributed by atoms with E-state index in [0.717, 1.165) is 30.9 Å². The molecule has 1 aromatic rings. The van der Waals surface area contributed by atoms with Gasteiger partial charge in [0, 0.05) is 12.8 Å². The van der Waals surface area contributed by atoms with Crippen molar-refractivity contribution in [3.63, 3.8) is 0 Å². The van der Waals surface area contributed by atoms with Gasteiger partial charge in [0.1, 0.15) is 5.82 Å². The highest BCUT2D eigenvalue weighted by atomic mass is 16.3. The SMILES string of the molecule is CCc1nc(CC)n(CC(C)(O)CC)n1. The van der Waals surface area contributed by atoms with Crippen LogP contribution in [0.1, 0.15) is 45.8 Å². The normalized spacial score (nSPS) is 15.3. The van der Waals surface area contributed by atoms with Gasteiger partial charge in [0.15, 0.2) is 5.82 Å². The van der Waals surface area contributed by atoms with Crippen molar-refractivity contribution in [2.75, 3.05) is 0 Å². The summed E-state index contributed by atoms with van der Waals surface area (Å²) in [7, 11) is 0. The van der Waals surface area contributed by atoms with Crippen LogP contribution < -0.4 is 0 Å². The second-order valence-corrected chi connectivity index (χ2v) is 4.16. The van der Waals surface area contributed by atoms with Crippen LogP contribution in [0.25, 0.3) is 0 Å². The van der Waals surface area contributed by atoms with Crippen LogP contribution >= 0.6 is 0 Å². The largest absolute Gasteiger partial charge is 0.388 e. The molecule has 1 rings (SSSR count). The summed E-state index contributed by atoms with van der Waals surface area (Å²) in [4.78, 5) is 4.41. The smallest absolute Gasteiger partial charge is 0.150 e. The van der Waals surface area contributed by atoms with E-state index in [4.69, 9.17) is 0 Å². The number of aryl methyl sites for hydroxylation is 2. The summed E-state index contributed by atoms with van der Waals surface area (Å²) >= 11 is 0. The van der Waals surface area contributed by atoms with Gasteiger partial charge in [-0.05, 0) is 13.3 Å². The van der Waals surface area contributed by atoms with E-state index in [1.807, 2.05) is 25.5 Å². The molecule has 4 nitrogen and oxygen atoms in total. The Morgan fingerprint density at radius 3 is 2.40 bits per heavy atom. The van der Waals surface area contributed by atoms with Crippen LogP contribution in [0.5, 0.6) is 0 Å². The van der Waals surface area contributed by atoms with Gasteiger partial charge in [-0.15, -0.1) is 0 Å². The molecule has 0 spiro atoms. The van der Waals surface area contributed by atoms with Crippen LogP contribution in [-0.4, -0.2) is 25.5 Å². The van der Waals surface area contributed by atoms with E-state index >= 15 is 0 Å². The highest BCUT2D eigenvalue weighted by molar-refractivity contribution is 4.94. The molecule has 0 fully saturated rings. The molecule has 0 bridgehead atoms. The van der Waals surface area contributed by atoms with Crippen molar-refractivity contribution in [3.8, 4) is 0 Å². The second-order valence-electron chi connectivity index (χ2n) is 4.16. The van der Waals surface area contributed by atoms with Crippen molar-refractivity contribution in [3.05, 3.63) is 11.6 Å². The lowest BCUT2D eigenvalue weighted by molar-refractivity contribution is 0.0335. The second kappa shape index (κ2) is 4.75. The summed E-state index contributed by atoms with van der Waals surface area (Å²) in [5.74, 6) is 1.82. The van der Waals surface area contributed by atoms with Crippen molar-refractivity contribution in [1.82, 2.24) is 14.8 Å². The van der Waals surface area contributed by atoms with E-state index in [1.54, 1.807) is 0 Å². The fraction of sp³-hybridized carbons (Fsp3) is 0.818. The zero-order valence-corrected chi connectivity index (χ0v) is 10.1. The Hall–Kier alpha value is -0.900. The van der Waals surface area contributed by atoms with Crippen LogP contribution in [0.2, 0.25) is 0 Å². The zero-order valence-electron chi connectivity index (χ0n) is 10.1. The number of rotatable bonds is 5. The van der Waals surface area contributed by atoms with Crippen molar-refractivity contribution < 1.29 is 5.11 Å². The number of hydrogen-bond acceptors (Lipinski definition) is 3. The van der Waals surface area contributed by atoms with Crippen LogP contribution in [0.15, 0.2) is 0 Å². The average molecular weight is 211 g/mol. The van der Waals surface area contributed by atoms with E-state index in [1.165, 1.54) is 0 Å². The molecule has 0 aliphatic carbocycles. The van der Waals surface area contributed by atoms with E-state index in [-0.39, 0.29) is 0 Å². The van der Waals surface area contributed by atoms with Crippen LogP contribution in [-0.2, 0) is 19.4 Å². The van der Waals surface area contributed by atoms with E-state index in [0.29, 0.717) is 6.54 Å². The van der Waals surface area contributed by atoms with Crippen LogP contribution in [0, 0.1) is 0 Å². The first-order valence-corrected chi connectivity index (χ1v) is 5.67. The highest BCUT2D eigenvalue weighted by Gasteiger charge is 2.20. The molecule has 0 saturated heterocycles. The Balaban J connectivity index is 2.88. The molecule has 1 unspecified atom stereocenters. The standard InChI is InChI=1S/C11H21N3O/c1-5-9-12-10(6-2)14(13-9)8-11(4,15)7-3/h15H,5-8H2,1-4H3. The van der Waals surface area contributed by atoms with Gasteiger partial charge in [0.05, 0.1) is 12.1 Å². The van der Waals surface area contributed by atoms with Gasteiger partial charge in [-0.3, -0.25) is 0 Å². The minimum atomic E-state index is -0.692. The highest BCUT2D eigenvalue weighted by Crippen LogP contribution is 2.13. The van der Waals surface area contributed by atoms with Gasteiger partial charge in [-0.2, -0.15) is 5.10 Å². The Morgan fingerprint density at radius 2 is 1.93 bits per heavy atom. The summed E-state index contributed by atoms with van der Waals surface area (Å²) in [5, 5.41) is 14.4. The topological polar surface area (TPSA) is 50.9 Å². The first-order valence-electron chi connectivity index (χ1n) is 5.67. The molecule has 1 atom stereocenters. The van der Waals surface area contributed by atoms with Gasteiger partial charge in [-0.1, -0.05) is 20.8 Å². The van der Waals surface area contributed by atoms with Gasteiger partial charge in [-0.25, -0.2) is 9.67 Å². The lowest BCUT2D eigenvalue weighted by atomic mass is 10.0. The predicted molar refractivity (Wildman–Crippen MR) is 59.7 cm³/mol. The molecular weight excluding hydrogens is 190 g/mol. The first kappa shape index (κ1) is 12.2. The first-order chi connectivity index (χ1) is 7.02. The van der Waals surface area contributed by atoms with Crippen molar-refractivity contribution in [2.24, 2.45) is 0 Å². The summed E-state index contributed by atoms with van der Waals surface area (Å²) in [6.07, 6.45) is 2.42. The molecule has 15 heavy (non-hydrogen) atoms. The maximum absolute atomic E-state index is 9.99. The molecule has 86 valence electrons. The maximum Gasteiger partial charge on any atom is 0.150 e. The Kier molecular flexibility index (Phi) is 3.85. The van der Waals surface area contributed by atoms with E-state index < -0.39 is 5.60 Å². The monoisotopic (exact) mass is 211 g/mol. The third-order valence-corrected chi connectivity index (χ3v) is 2.68. The summed E-state index contributed by atoms with van der Waals surface area (Å²) in [6, 6.07) is 0. The van der Waals surface area contributed by atoms with Gasteiger partial charge >= 0.3 is 0 Å². The molecule has 0 aliphatic heterocycles. The summed E-state index contributed by atoms with van der Waals surface area (Å²) in [6.45, 7) is 8.43. The molecule has 1 aromatic heterocycles. The molecule has 0 aromatic carbocycles. The zero-order chi connectivity index (χ0) is 11.5. The van der Waals surface area contributed by atoms with Crippen molar-refractivity contribution >= 4 is 0 Å². The van der Waals surface area contributed by atoms with E-state index in [2.05, 4.69) is 17.0 Å². The van der Waals surface area contributed by atoms with Crippen LogP contribution in [0.3, 0.4) is 0 Å². The molecule has 1 N–H and O–H groups in total. The van der Waals surface area contributed by atoms with Gasteiger partial charge in [0.2, 0.25) is 0 Å². The van der Waals surface area contributed by atoms with Gasteiger partial charge < -0.3 is 5.11 Å². The minimum Gasteiger partial charge on any atom is -0.388 e. The molecule has 0 saturated carbocycles. The summed E-state index contributed by atoms with van der Waals surface area (Å²) in [5.41, 5.74) is -0.692. The number of aromatic nitrogens is 3. The summed E-state index contributed by atoms with van der Waals surface area (Å²) < 4.78 is 1.84. The molecule has 1 heterocycles. The van der Waals surface area contributed by atoms with Gasteiger partial charge in [0.25, 0.3) is 0 Å². The third-order valence-electron chi connectivity index (χ3n) is 2.68. The Morgan fingerprint density at radius 1 is 1.27 bits per heavy atom. The molecule has 0 amide bonds. The fourth-order valence-corrected chi connectivity index (χ4v) is 1.40. The molecule has 0 radical (unpaired) electrons. The lowest BCUT2D eigenvalue weighted by Gasteiger charge is -2.21. The average Bonchev–Trinajstić information content (AvgIpc) is 2.59. The van der Waals surface area contributed by atoms with Crippen molar-refractivity contribution in [1.29, 1.82) is 0 Å². The number of aliphatic hydroxyl groups is 1. The van der Waals surface area contributed by atoms with Crippen molar-refractivity contribution in [2.45, 2.75) is 59.1 Å². The number of hydrogen-bond donors (Lipinski definition) is 1. The molecular formula is C11H21N3O. The minimum absolute atomic E-state index is 0.527. The number of nitrogens with zero attached hydrogens (tertiary/aromatic N) is 3. The van der Waals surface area contributed by atoms with E-state index in [9.17, 15) is 5.11 Å². The molecule has 4 heteroatoms. The Bertz CT molecular complexity index is 318. The lowest BCUT2D eigenvalue weighted by Crippen LogP contribution is -2.30. The Labute approximate surface area is 91.3 Å². The molecule has 0 aliphatic rings. The fourth-order valence-electron chi connectivity index (χ4n) is 1.40. The predicted octanol–water partition coefficient (Wildman–Crippen LogP) is 1.56. The maximum atomic E-state index is 9.99. The quantitative estimate of drug-likeness (QED) is 0.804. The van der Waals surface area contributed by atoms with Crippen LogP contribution in [0.4, 0.5) is 0 Å².